The molecule has 2 N–H and O–H groups in total. The van der Waals surface area contributed by atoms with Gasteiger partial charge in [-0.05, 0) is 20.8 Å². The van der Waals surface area contributed by atoms with Gasteiger partial charge in [0.1, 0.15) is 0 Å². The summed E-state index contributed by atoms with van der Waals surface area (Å²) in [5, 5.41) is 2.53. The van der Waals surface area contributed by atoms with Gasteiger partial charge in [-0.25, -0.2) is 0 Å². The zero-order valence-electron chi connectivity index (χ0n) is 7.42. The Balaban J connectivity index is 3.92. The highest BCUT2D eigenvalue weighted by Crippen LogP contribution is 1.88. The number of carbonyl (C=O) groups is 2. The molecule has 0 bridgehead atoms. The largest absolute Gasteiger partial charge is 0.345 e. The minimum absolute atomic E-state index is 0.0604. The lowest BCUT2D eigenvalue weighted by atomic mass is 10.2. The molecule has 0 radical (unpaired) electrons. The van der Waals surface area contributed by atoms with Crippen LogP contribution in [-0.4, -0.2) is 23.8 Å². The minimum atomic E-state index is -0.429. The highest BCUT2D eigenvalue weighted by Gasteiger charge is 2.15. The highest BCUT2D eigenvalue weighted by molar-refractivity contribution is 7.78. The first-order valence-electron chi connectivity index (χ1n) is 3.69. The summed E-state index contributed by atoms with van der Waals surface area (Å²) in [4.78, 5) is 21.9. The molecule has 0 rings (SSSR count). The van der Waals surface area contributed by atoms with Crippen molar-refractivity contribution < 1.29 is 9.59 Å². The first-order chi connectivity index (χ1) is 5.49. The van der Waals surface area contributed by atoms with Crippen molar-refractivity contribution >= 4 is 24.5 Å². The lowest BCUT2D eigenvalue weighted by Crippen LogP contribution is -2.45. The molecule has 2 atom stereocenters. The predicted molar refractivity (Wildman–Crippen MR) is 49.9 cm³/mol. The fraction of sp³-hybridized carbons (Fsp3) is 0.714. The SMILES string of the molecule is CC(=O)[C@H](C)NC(=O)[C@H](C)NS. The number of hydrogen-bond donors (Lipinski definition) is 3. The van der Waals surface area contributed by atoms with E-state index >= 15 is 0 Å². The number of rotatable bonds is 4. The molecule has 0 spiro atoms. The lowest BCUT2D eigenvalue weighted by molar-refractivity contribution is -0.127. The summed E-state index contributed by atoms with van der Waals surface area (Å²) in [5.41, 5.74) is 0. The summed E-state index contributed by atoms with van der Waals surface area (Å²) in [6.45, 7) is 4.74. The van der Waals surface area contributed by atoms with E-state index in [-0.39, 0.29) is 11.7 Å². The molecular weight excluding hydrogens is 176 g/mol. The Hall–Kier alpha value is -0.550. The van der Waals surface area contributed by atoms with Crippen LogP contribution < -0.4 is 10.0 Å². The van der Waals surface area contributed by atoms with Crippen molar-refractivity contribution in [3.63, 3.8) is 0 Å². The van der Waals surface area contributed by atoms with Crippen molar-refractivity contribution in [3.05, 3.63) is 0 Å². The second-order valence-electron chi connectivity index (χ2n) is 2.69. The van der Waals surface area contributed by atoms with Crippen LogP contribution in [0.1, 0.15) is 20.8 Å². The number of nitrogens with one attached hydrogen (secondary N) is 2. The van der Waals surface area contributed by atoms with Gasteiger partial charge >= 0.3 is 0 Å². The zero-order chi connectivity index (χ0) is 9.72. The van der Waals surface area contributed by atoms with Crippen molar-refractivity contribution in [2.75, 3.05) is 0 Å². The summed E-state index contributed by atoms with van der Waals surface area (Å²) < 4.78 is 2.48. The van der Waals surface area contributed by atoms with E-state index < -0.39 is 12.1 Å². The van der Waals surface area contributed by atoms with E-state index in [1.54, 1.807) is 13.8 Å². The number of amides is 1. The van der Waals surface area contributed by atoms with Gasteiger partial charge in [-0.3, -0.25) is 14.3 Å². The van der Waals surface area contributed by atoms with Gasteiger partial charge in [0.2, 0.25) is 5.91 Å². The highest BCUT2D eigenvalue weighted by atomic mass is 32.1. The Kier molecular flexibility index (Phi) is 4.92. The van der Waals surface area contributed by atoms with E-state index in [0.29, 0.717) is 0 Å². The van der Waals surface area contributed by atoms with Crippen LogP contribution in [0.4, 0.5) is 0 Å². The van der Waals surface area contributed by atoms with Crippen LogP contribution in [0.3, 0.4) is 0 Å². The van der Waals surface area contributed by atoms with Gasteiger partial charge in [-0.1, -0.05) is 12.8 Å². The van der Waals surface area contributed by atoms with Gasteiger partial charge in [0, 0.05) is 0 Å². The molecule has 0 saturated carbocycles. The number of ketones is 1. The molecule has 5 heteroatoms. The predicted octanol–water partition coefficient (Wildman–Crippen LogP) is -0.0970. The molecule has 0 fully saturated rings. The van der Waals surface area contributed by atoms with Crippen LogP contribution in [-0.2, 0) is 9.59 Å². The van der Waals surface area contributed by atoms with Crippen LogP contribution in [0.2, 0.25) is 0 Å². The van der Waals surface area contributed by atoms with Crippen molar-refractivity contribution in [3.8, 4) is 0 Å². The molecule has 4 nitrogen and oxygen atoms in total. The van der Waals surface area contributed by atoms with Crippen LogP contribution in [0.25, 0.3) is 0 Å². The van der Waals surface area contributed by atoms with E-state index in [0.717, 1.165) is 0 Å². The molecule has 0 unspecified atom stereocenters. The standard InChI is InChI=1S/C7H14N2O2S/c1-4(6(3)10)8-7(11)5(2)9-12/h4-5,9,12H,1-3H3,(H,8,11)/t4-,5-/m0/s1. The second-order valence-corrected chi connectivity index (χ2v) is 2.95. The Morgan fingerprint density at radius 2 is 1.75 bits per heavy atom. The third-order valence-electron chi connectivity index (χ3n) is 1.56. The first-order valence-corrected chi connectivity index (χ1v) is 4.14. The maximum absolute atomic E-state index is 11.1. The second kappa shape index (κ2) is 5.16. The van der Waals surface area contributed by atoms with E-state index in [1.165, 1.54) is 6.92 Å². The molecule has 0 aromatic carbocycles. The van der Waals surface area contributed by atoms with Crippen molar-refractivity contribution in [2.45, 2.75) is 32.9 Å². The summed E-state index contributed by atoms with van der Waals surface area (Å²) in [6.07, 6.45) is 0. The van der Waals surface area contributed by atoms with E-state index in [4.69, 9.17) is 0 Å². The van der Waals surface area contributed by atoms with Crippen molar-refractivity contribution in [1.29, 1.82) is 0 Å². The van der Waals surface area contributed by atoms with Crippen molar-refractivity contribution in [1.82, 2.24) is 10.0 Å². The molecule has 0 saturated heterocycles. The quantitative estimate of drug-likeness (QED) is 0.543. The number of hydrogen-bond acceptors (Lipinski definition) is 4. The Bertz CT molecular complexity index is 184. The number of Topliss-reactive ketones (excluding diaryl/α,β-unsaturated/α-hetero) is 1. The molecule has 0 heterocycles. The van der Waals surface area contributed by atoms with E-state index in [2.05, 4.69) is 22.9 Å². The average molecular weight is 190 g/mol. The lowest BCUT2D eigenvalue weighted by Gasteiger charge is -2.13. The van der Waals surface area contributed by atoms with Gasteiger partial charge in [-0.2, -0.15) is 0 Å². The van der Waals surface area contributed by atoms with Crippen LogP contribution in [0.15, 0.2) is 0 Å². The minimum Gasteiger partial charge on any atom is -0.345 e. The Labute approximate surface area is 77.6 Å². The fourth-order valence-electron chi connectivity index (χ4n) is 0.499. The molecule has 70 valence electrons. The first kappa shape index (κ1) is 11.4. The van der Waals surface area contributed by atoms with Gasteiger partial charge in [0.05, 0.1) is 12.1 Å². The van der Waals surface area contributed by atoms with E-state index in [1.807, 2.05) is 0 Å². The molecule has 0 aliphatic carbocycles. The van der Waals surface area contributed by atoms with Crippen LogP contribution in [0.5, 0.6) is 0 Å². The average Bonchev–Trinajstić information content (AvgIpc) is 2.02. The molecule has 0 aliphatic rings. The molecule has 0 aromatic heterocycles. The summed E-state index contributed by atoms with van der Waals surface area (Å²) in [6, 6.07) is -0.822. The van der Waals surface area contributed by atoms with Gasteiger partial charge in [0.15, 0.2) is 5.78 Å². The molecular formula is C7H14N2O2S. The van der Waals surface area contributed by atoms with Gasteiger partial charge in [0.25, 0.3) is 0 Å². The molecule has 0 aromatic rings. The number of thiol groups is 1. The summed E-state index contributed by atoms with van der Waals surface area (Å²) in [7, 11) is 0. The van der Waals surface area contributed by atoms with Crippen LogP contribution >= 0.6 is 12.8 Å². The third kappa shape index (κ3) is 3.73. The van der Waals surface area contributed by atoms with Crippen LogP contribution in [0, 0.1) is 0 Å². The zero-order valence-corrected chi connectivity index (χ0v) is 8.31. The molecule has 1 amide bonds. The summed E-state index contributed by atoms with van der Waals surface area (Å²) >= 11 is 3.73. The summed E-state index contributed by atoms with van der Waals surface area (Å²) in [5.74, 6) is -0.289. The van der Waals surface area contributed by atoms with Gasteiger partial charge in [-0.15, -0.1) is 0 Å². The Morgan fingerprint density at radius 3 is 2.08 bits per heavy atom. The van der Waals surface area contributed by atoms with Gasteiger partial charge < -0.3 is 5.32 Å². The normalized spacial score (nSPS) is 15.0. The molecule has 12 heavy (non-hydrogen) atoms. The topological polar surface area (TPSA) is 58.2 Å². The Morgan fingerprint density at radius 1 is 1.25 bits per heavy atom. The maximum atomic E-state index is 11.1. The smallest absolute Gasteiger partial charge is 0.238 e. The van der Waals surface area contributed by atoms with Crippen molar-refractivity contribution in [2.24, 2.45) is 0 Å². The molecule has 0 aliphatic heterocycles. The fourth-order valence-corrected chi connectivity index (χ4v) is 0.616. The van der Waals surface area contributed by atoms with E-state index in [9.17, 15) is 9.59 Å². The monoisotopic (exact) mass is 190 g/mol. The third-order valence-corrected chi connectivity index (χ3v) is 1.94. The number of carbonyl (C=O) groups excluding carboxylic acids is 2. The maximum Gasteiger partial charge on any atom is 0.238 e.